The first-order chi connectivity index (χ1) is 9.28. The van der Waals surface area contributed by atoms with Crippen LogP contribution in [0.25, 0.3) is 10.9 Å². The summed E-state index contributed by atoms with van der Waals surface area (Å²) in [5, 5.41) is 1.20. The van der Waals surface area contributed by atoms with Crippen LogP contribution >= 0.6 is 0 Å². The second-order valence-electron chi connectivity index (χ2n) is 5.16. The molecule has 2 aromatic heterocycles. The van der Waals surface area contributed by atoms with E-state index >= 15 is 0 Å². The fraction of sp³-hybridized carbons (Fsp3) is 0.467. The van der Waals surface area contributed by atoms with E-state index in [4.69, 9.17) is 4.98 Å². The van der Waals surface area contributed by atoms with Gasteiger partial charge in [0, 0.05) is 43.5 Å². The van der Waals surface area contributed by atoms with Crippen LogP contribution in [0, 0.1) is 0 Å². The van der Waals surface area contributed by atoms with Crippen LogP contribution in [0.1, 0.15) is 12.6 Å². The van der Waals surface area contributed by atoms with E-state index in [0.717, 1.165) is 49.6 Å². The minimum Gasteiger partial charge on any atom is -0.352 e. The molecule has 0 unspecified atom stereocenters. The van der Waals surface area contributed by atoms with Crippen LogP contribution in [0.5, 0.6) is 0 Å². The summed E-state index contributed by atoms with van der Waals surface area (Å²) < 4.78 is 0. The van der Waals surface area contributed by atoms with Crippen molar-refractivity contribution >= 4 is 16.7 Å². The second-order valence-corrected chi connectivity index (χ2v) is 5.16. The van der Waals surface area contributed by atoms with Crippen LogP contribution in [0.2, 0.25) is 0 Å². The minimum absolute atomic E-state index is 0.964. The quantitative estimate of drug-likeness (QED) is 0.822. The third-order valence-corrected chi connectivity index (χ3v) is 3.79. The second kappa shape index (κ2) is 5.13. The van der Waals surface area contributed by atoms with Crippen molar-refractivity contribution in [3.8, 4) is 0 Å². The molecule has 100 valence electrons. The van der Waals surface area contributed by atoms with Gasteiger partial charge in [0.1, 0.15) is 5.52 Å². The van der Waals surface area contributed by atoms with Crippen molar-refractivity contribution in [2.24, 2.45) is 0 Å². The molecule has 4 heteroatoms. The van der Waals surface area contributed by atoms with Gasteiger partial charge < -0.3 is 9.80 Å². The molecule has 0 aliphatic carbocycles. The van der Waals surface area contributed by atoms with Crippen LogP contribution < -0.4 is 4.90 Å². The molecule has 0 aromatic carbocycles. The average molecular weight is 256 g/mol. The van der Waals surface area contributed by atoms with Gasteiger partial charge in [0.2, 0.25) is 0 Å². The molecule has 3 heterocycles. The molecule has 0 atom stereocenters. The lowest BCUT2D eigenvalue weighted by Gasteiger charge is -2.33. The van der Waals surface area contributed by atoms with Gasteiger partial charge in [-0.1, -0.05) is 13.0 Å². The van der Waals surface area contributed by atoms with E-state index in [0.29, 0.717) is 0 Å². The van der Waals surface area contributed by atoms with Crippen molar-refractivity contribution in [2.75, 3.05) is 38.1 Å². The molecule has 0 bridgehead atoms. The third kappa shape index (κ3) is 2.40. The Morgan fingerprint density at radius 3 is 2.74 bits per heavy atom. The zero-order valence-corrected chi connectivity index (χ0v) is 11.6. The summed E-state index contributed by atoms with van der Waals surface area (Å²) in [6, 6.07) is 6.28. The first kappa shape index (κ1) is 12.4. The van der Waals surface area contributed by atoms with Crippen molar-refractivity contribution in [1.82, 2.24) is 14.9 Å². The first-order valence-electron chi connectivity index (χ1n) is 6.96. The molecule has 1 aliphatic heterocycles. The van der Waals surface area contributed by atoms with E-state index in [1.54, 1.807) is 0 Å². The number of rotatable bonds is 2. The number of nitrogens with zero attached hydrogens (tertiary/aromatic N) is 4. The molecular weight excluding hydrogens is 236 g/mol. The van der Waals surface area contributed by atoms with Gasteiger partial charge in [-0.15, -0.1) is 0 Å². The fourth-order valence-corrected chi connectivity index (χ4v) is 2.54. The smallest absolute Gasteiger partial charge is 0.155 e. The van der Waals surface area contributed by atoms with Crippen molar-refractivity contribution in [2.45, 2.75) is 13.3 Å². The van der Waals surface area contributed by atoms with Crippen LogP contribution in [0.3, 0.4) is 0 Å². The Bertz CT molecular complexity index is 573. The lowest BCUT2D eigenvalue weighted by Crippen LogP contribution is -2.45. The highest BCUT2D eigenvalue weighted by Crippen LogP contribution is 2.24. The zero-order valence-electron chi connectivity index (χ0n) is 11.6. The molecular formula is C15H20N4. The van der Waals surface area contributed by atoms with Gasteiger partial charge in [-0.25, -0.2) is 4.98 Å². The predicted octanol–water partition coefficient (Wildman–Crippen LogP) is 1.94. The Morgan fingerprint density at radius 2 is 2.00 bits per heavy atom. The van der Waals surface area contributed by atoms with Crippen LogP contribution in [-0.2, 0) is 6.42 Å². The van der Waals surface area contributed by atoms with E-state index in [1.165, 1.54) is 5.39 Å². The summed E-state index contributed by atoms with van der Waals surface area (Å²) in [6.07, 6.45) is 2.82. The minimum atomic E-state index is 0.964. The van der Waals surface area contributed by atoms with Crippen LogP contribution in [0.15, 0.2) is 24.4 Å². The Hall–Kier alpha value is -1.68. The molecule has 0 amide bonds. The molecule has 3 rings (SSSR count). The number of pyridine rings is 2. The van der Waals surface area contributed by atoms with Crippen molar-refractivity contribution < 1.29 is 0 Å². The monoisotopic (exact) mass is 256 g/mol. The molecule has 1 aliphatic rings. The first-order valence-corrected chi connectivity index (χ1v) is 6.96. The summed E-state index contributed by atoms with van der Waals surface area (Å²) in [5.41, 5.74) is 2.18. The fourth-order valence-electron chi connectivity index (χ4n) is 2.54. The largest absolute Gasteiger partial charge is 0.352 e. The maximum atomic E-state index is 4.81. The van der Waals surface area contributed by atoms with Gasteiger partial charge in [0.15, 0.2) is 5.82 Å². The predicted molar refractivity (Wildman–Crippen MR) is 78.6 cm³/mol. The van der Waals surface area contributed by atoms with E-state index in [-0.39, 0.29) is 0 Å². The number of aromatic nitrogens is 2. The van der Waals surface area contributed by atoms with Gasteiger partial charge in [0.25, 0.3) is 0 Å². The van der Waals surface area contributed by atoms with E-state index < -0.39 is 0 Å². The third-order valence-electron chi connectivity index (χ3n) is 3.79. The van der Waals surface area contributed by atoms with Gasteiger partial charge in [0.05, 0.1) is 0 Å². The number of anilines is 1. The Balaban J connectivity index is 2.05. The summed E-state index contributed by atoms with van der Waals surface area (Å²) in [4.78, 5) is 14.1. The number of fused-ring (bicyclic) bond motifs is 1. The van der Waals surface area contributed by atoms with Crippen molar-refractivity contribution in [1.29, 1.82) is 0 Å². The Morgan fingerprint density at radius 1 is 1.21 bits per heavy atom. The number of hydrogen-bond acceptors (Lipinski definition) is 4. The summed E-state index contributed by atoms with van der Waals surface area (Å²) in [6.45, 7) is 6.39. The van der Waals surface area contributed by atoms with Crippen molar-refractivity contribution in [3.05, 3.63) is 30.1 Å². The molecule has 0 spiro atoms. The highest BCUT2D eigenvalue weighted by atomic mass is 15.3. The number of piperazine rings is 1. The van der Waals surface area contributed by atoms with Gasteiger partial charge in [-0.2, -0.15) is 0 Å². The standard InChI is InChI=1S/C15H20N4/c1-3-13-11-12-5-4-6-16-14(12)15(17-13)19-9-7-18(2)8-10-19/h4-6,11H,3,7-10H2,1-2H3. The maximum absolute atomic E-state index is 4.81. The van der Waals surface area contributed by atoms with Gasteiger partial charge in [-0.3, -0.25) is 4.98 Å². The summed E-state index contributed by atoms with van der Waals surface area (Å²) in [7, 11) is 2.17. The average Bonchev–Trinajstić information content (AvgIpc) is 2.47. The van der Waals surface area contributed by atoms with Crippen LogP contribution in [-0.4, -0.2) is 48.1 Å². The maximum Gasteiger partial charge on any atom is 0.155 e. The molecule has 1 fully saturated rings. The van der Waals surface area contributed by atoms with Gasteiger partial charge in [-0.05, 0) is 25.6 Å². The molecule has 0 radical (unpaired) electrons. The van der Waals surface area contributed by atoms with Gasteiger partial charge >= 0.3 is 0 Å². The summed E-state index contributed by atoms with van der Waals surface area (Å²) in [5.74, 6) is 1.06. The lowest BCUT2D eigenvalue weighted by molar-refractivity contribution is 0.312. The molecule has 2 aromatic rings. The number of hydrogen-bond donors (Lipinski definition) is 0. The highest BCUT2D eigenvalue weighted by Gasteiger charge is 2.18. The van der Waals surface area contributed by atoms with E-state index in [1.807, 2.05) is 12.3 Å². The SMILES string of the molecule is CCc1cc2cccnc2c(N2CCN(C)CC2)n1. The lowest BCUT2D eigenvalue weighted by atomic mass is 10.2. The Labute approximate surface area is 114 Å². The molecule has 4 nitrogen and oxygen atoms in total. The zero-order chi connectivity index (χ0) is 13.2. The normalized spacial score (nSPS) is 17.1. The summed E-state index contributed by atoms with van der Waals surface area (Å²) >= 11 is 0. The van der Waals surface area contributed by atoms with E-state index in [9.17, 15) is 0 Å². The molecule has 0 N–H and O–H groups in total. The van der Waals surface area contributed by atoms with Crippen LogP contribution in [0.4, 0.5) is 5.82 Å². The number of aryl methyl sites for hydroxylation is 1. The Kier molecular flexibility index (Phi) is 3.34. The molecule has 0 saturated carbocycles. The van der Waals surface area contributed by atoms with E-state index in [2.05, 4.69) is 40.9 Å². The number of likely N-dealkylation sites (N-methyl/N-ethyl adjacent to an activating group) is 1. The highest BCUT2D eigenvalue weighted by molar-refractivity contribution is 5.88. The van der Waals surface area contributed by atoms with Crippen molar-refractivity contribution in [3.63, 3.8) is 0 Å². The molecule has 1 saturated heterocycles. The topological polar surface area (TPSA) is 32.3 Å². The molecule has 19 heavy (non-hydrogen) atoms.